The van der Waals surface area contributed by atoms with Crippen molar-refractivity contribution < 1.29 is 12.8 Å². The van der Waals surface area contributed by atoms with Crippen LogP contribution in [0.25, 0.3) is 0 Å². The van der Waals surface area contributed by atoms with Gasteiger partial charge in [-0.3, -0.25) is 4.90 Å². The van der Waals surface area contributed by atoms with E-state index < -0.39 is 10.0 Å². The van der Waals surface area contributed by atoms with Crippen LogP contribution < -0.4 is 5.32 Å². The Bertz CT molecular complexity index is 927. The summed E-state index contributed by atoms with van der Waals surface area (Å²) in [7, 11) is -3.60. The topological polar surface area (TPSA) is 52.6 Å². The monoisotopic (exact) mass is 403 g/mol. The zero-order valence-electron chi connectivity index (χ0n) is 16.0. The van der Waals surface area contributed by atoms with Gasteiger partial charge in [0.15, 0.2) is 0 Å². The molecule has 4 rings (SSSR count). The lowest BCUT2D eigenvalue weighted by Gasteiger charge is -2.48. The largest absolute Gasteiger partial charge is 0.314 e. The molecule has 1 saturated heterocycles. The van der Waals surface area contributed by atoms with Crippen LogP contribution in [0.4, 0.5) is 4.39 Å². The number of nitrogens with zero attached hydrogens (tertiary/aromatic N) is 2. The van der Waals surface area contributed by atoms with Crippen molar-refractivity contribution in [1.82, 2.24) is 14.5 Å². The molecule has 5 nitrogen and oxygen atoms in total. The Morgan fingerprint density at radius 3 is 2.43 bits per heavy atom. The molecule has 0 aliphatic carbocycles. The van der Waals surface area contributed by atoms with Crippen LogP contribution in [-0.4, -0.2) is 56.5 Å². The number of fused-ring (bicyclic) bond motifs is 1. The molecule has 0 saturated carbocycles. The lowest BCUT2D eigenvalue weighted by molar-refractivity contribution is 0.0688. The highest BCUT2D eigenvalue weighted by atomic mass is 32.2. The Kier molecular flexibility index (Phi) is 5.51. The second-order valence-electron chi connectivity index (χ2n) is 7.38. The molecule has 2 heterocycles. The third kappa shape index (κ3) is 3.37. The summed E-state index contributed by atoms with van der Waals surface area (Å²) in [5.41, 5.74) is 1.73. The van der Waals surface area contributed by atoms with Crippen LogP contribution in [0, 0.1) is 5.82 Å². The average Bonchev–Trinajstić information content (AvgIpc) is 2.72. The van der Waals surface area contributed by atoms with Gasteiger partial charge in [-0.25, -0.2) is 12.8 Å². The Morgan fingerprint density at radius 1 is 1.07 bits per heavy atom. The van der Waals surface area contributed by atoms with E-state index in [1.165, 1.54) is 12.1 Å². The van der Waals surface area contributed by atoms with E-state index in [1.54, 1.807) is 28.6 Å². The summed E-state index contributed by atoms with van der Waals surface area (Å²) < 4.78 is 42.3. The lowest BCUT2D eigenvalue weighted by Crippen LogP contribution is -2.60. The van der Waals surface area contributed by atoms with Crippen LogP contribution in [0.5, 0.6) is 0 Å². The average molecular weight is 404 g/mol. The second-order valence-corrected chi connectivity index (χ2v) is 9.24. The second kappa shape index (κ2) is 7.91. The molecular weight excluding hydrogens is 377 g/mol. The van der Waals surface area contributed by atoms with Crippen molar-refractivity contribution in [3.63, 3.8) is 0 Å². The Labute approximate surface area is 166 Å². The van der Waals surface area contributed by atoms with Crippen molar-refractivity contribution in [3.8, 4) is 0 Å². The molecule has 2 aliphatic heterocycles. The third-order valence-electron chi connectivity index (χ3n) is 5.63. The Morgan fingerprint density at radius 2 is 1.75 bits per heavy atom. The number of piperazine rings is 1. The maximum atomic E-state index is 13.6. The minimum Gasteiger partial charge on any atom is -0.314 e. The first-order valence-corrected chi connectivity index (χ1v) is 11.3. The van der Waals surface area contributed by atoms with E-state index >= 15 is 0 Å². The Hall–Kier alpha value is -1.80. The van der Waals surface area contributed by atoms with Gasteiger partial charge in [-0.1, -0.05) is 37.3 Å². The number of benzene rings is 2. The fourth-order valence-electron chi connectivity index (χ4n) is 4.40. The van der Waals surface area contributed by atoms with Crippen molar-refractivity contribution >= 4 is 10.0 Å². The maximum Gasteiger partial charge on any atom is 0.244 e. The summed E-state index contributed by atoms with van der Waals surface area (Å²) in [4.78, 5) is 2.62. The molecule has 2 aliphatic rings. The lowest BCUT2D eigenvalue weighted by atomic mass is 9.87. The molecular formula is C21H26FN3O2S. The van der Waals surface area contributed by atoms with Crippen LogP contribution in [0.3, 0.4) is 0 Å². The fourth-order valence-corrected chi connectivity index (χ4v) is 6.36. The van der Waals surface area contributed by atoms with Crippen molar-refractivity contribution in [1.29, 1.82) is 0 Å². The SMILES string of the molecule is CCCN1C(N2CCNCC2)C(c2ccc(F)cc2)c2ccccc2S1(=O)=O. The van der Waals surface area contributed by atoms with E-state index in [0.717, 1.165) is 43.7 Å². The molecule has 2 atom stereocenters. The minimum atomic E-state index is -3.60. The molecule has 28 heavy (non-hydrogen) atoms. The van der Waals surface area contributed by atoms with E-state index in [9.17, 15) is 12.8 Å². The zero-order valence-corrected chi connectivity index (χ0v) is 16.8. The number of hydrogen-bond acceptors (Lipinski definition) is 4. The fraction of sp³-hybridized carbons (Fsp3) is 0.429. The highest BCUT2D eigenvalue weighted by molar-refractivity contribution is 7.89. The number of halogens is 1. The molecule has 2 unspecified atom stereocenters. The van der Waals surface area contributed by atoms with Gasteiger partial charge in [0.25, 0.3) is 0 Å². The summed E-state index contributed by atoms with van der Waals surface area (Å²) in [6.07, 6.45) is 0.424. The van der Waals surface area contributed by atoms with Gasteiger partial charge >= 0.3 is 0 Å². The van der Waals surface area contributed by atoms with Crippen molar-refractivity contribution in [2.75, 3.05) is 32.7 Å². The van der Waals surface area contributed by atoms with E-state index in [2.05, 4.69) is 10.2 Å². The van der Waals surface area contributed by atoms with Gasteiger partial charge in [-0.15, -0.1) is 0 Å². The zero-order chi connectivity index (χ0) is 19.7. The summed E-state index contributed by atoms with van der Waals surface area (Å²) in [6.45, 7) is 5.67. The van der Waals surface area contributed by atoms with Gasteiger partial charge in [0.1, 0.15) is 5.82 Å². The predicted molar refractivity (Wildman–Crippen MR) is 107 cm³/mol. The molecule has 7 heteroatoms. The number of rotatable bonds is 4. The van der Waals surface area contributed by atoms with Crippen LogP contribution in [0.2, 0.25) is 0 Å². The van der Waals surface area contributed by atoms with Crippen LogP contribution in [0.1, 0.15) is 30.4 Å². The predicted octanol–water partition coefficient (Wildman–Crippen LogP) is 2.60. The van der Waals surface area contributed by atoms with E-state index in [0.29, 0.717) is 11.4 Å². The van der Waals surface area contributed by atoms with E-state index in [-0.39, 0.29) is 17.9 Å². The molecule has 0 aromatic heterocycles. The van der Waals surface area contributed by atoms with Gasteiger partial charge in [0, 0.05) is 38.6 Å². The number of hydrogen-bond donors (Lipinski definition) is 1. The summed E-state index contributed by atoms with van der Waals surface area (Å²) in [5.74, 6) is -0.449. The van der Waals surface area contributed by atoms with Gasteiger partial charge in [-0.2, -0.15) is 4.31 Å². The smallest absolute Gasteiger partial charge is 0.244 e. The third-order valence-corrected chi connectivity index (χ3v) is 7.58. The first-order valence-electron chi connectivity index (χ1n) is 9.85. The van der Waals surface area contributed by atoms with Gasteiger partial charge in [-0.05, 0) is 35.7 Å². The molecule has 1 fully saturated rings. The van der Waals surface area contributed by atoms with Gasteiger partial charge < -0.3 is 5.32 Å². The van der Waals surface area contributed by atoms with Gasteiger partial charge in [0.05, 0.1) is 11.1 Å². The molecule has 0 bridgehead atoms. The quantitative estimate of drug-likeness (QED) is 0.853. The summed E-state index contributed by atoms with van der Waals surface area (Å²) in [6, 6.07) is 13.7. The minimum absolute atomic E-state index is 0.162. The number of sulfonamides is 1. The molecule has 2 aromatic carbocycles. The highest BCUT2D eigenvalue weighted by Crippen LogP contribution is 2.43. The van der Waals surface area contributed by atoms with Crippen LogP contribution in [0.15, 0.2) is 53.4 Å². The molecule has 1 N–H and O–H groups in total. The van der Waals surface area contributed by atoms with Crippen LogP contribution >= 0.6 is 0 Å². The summed E-state index contributed by atoms with van der Waals surface area (Å²) in [5, 5.41) is 3.34. The van der Waals surface area contributed by atoms with E-state index in [4.69, 9.17) is 0 Å². The normalized spacial score (nSPS) is 25.4. The Balaban J connectivity index is 1.92. The maximum absolute atomic E-state index is 13.6. The molecule has 2 aromatic rings. The van der Waals surface area contributed by atoms with Crippen molar-refractivity contribution in [2.45, 2.75) is 30.3 Å². The highest BCUT2D eigenvalue weighted by Gasteiger charge is 2.47. The number of nitrogens with one attached hydrogen (secondary N) is 1. The first-order chi connectivity index (χ1) is 13.5. The first kappa shape index (κ1) is 19.5. The van der Waals surface area contributed by atoms with Crippen LogP contribution in [-0.2, 0) is 10.0 Å². The molecule has 0 amide bonds. The standard InChI is InChI=1S/C21H26FN3O2S/c1-2-13-25-21(24-14-11-23-12-15-24)20(16-7-9-17(22)10-8-16)18-5-3-4-6-19(18)28(25,26)27/h3-10,20-21,23H,2,11-15H2,1H3. The molecule has 150 valence electrons. The molecule has 0 radical (unpaired) electrons. The van der Waals surface area contributed by atoms with Gasteiger partial charge in [0.2, 0.25) is 10.0 Å². The van der Waals surface area contributed by atoms with Crippen molar-refractivity contribution in [2.24, 2.45) is 0 Å². The molecule has 0 spiro atoms. The summed E-state index contributed by atoms with van der Waals surface area (Å²) >= 11 is 0. The van der Waals surface area contributed by atoms with E-state index in [1.807, 2.05) is 19.1 Å². The van der Waals surface area contributed by atoms with Crippen molar-refractivity contribution in [3.05, 3.63) is 65.5 Å².